The topological polar surface area (TPSA) is 46.2 Å². The zero-order chi connectivity index (χ0) is 13.6. The average molecular weight is 235 g/mol. The Labute approximate surface area is 105 Å². The molecule has 0 aliphatic heterocycles. The minimum atomic E-state index is -0.0626. The third kappa shape index (κ3) is 2.56. The molecule has 1 rings (SSSR count). The molecule has 2 nitrogen and oxygen atoms in total. The second kappa shape index (κ2) is 3.94. The maximum absolute atomic E-state index is 10.0. The normalized spacial score (nSPS) is 12.9. The zero-order valence-corrected chi connectivity index (χ0v) is 12.1. The molecule has 17 heavy (non-hydrogen) atoms. The summed E-state index contributed by atoms with van der Waals surface area (Å²) in [6.07, 6.45) is 0. The first kappa shape index (κ1) is 13.9. The first-order valence-corrected chi connectivity index (χ1v) is 6.09. The van der Waals surface area contributed by atoms with Crippen LogP contribution >= 0.6 is 0 Å². The summed E-state index contributed by atoms with van der Waals surface area (Å²) in [5.74, 6) is 0.199. The van der Waals surface area contributed by atoms with Gasteiger partial charge in [0.25, 0.3) is 0 Å². The van der Waals surface area contributed by atoms with Crippen LogP contribution in [0.1, 0.15) is 58.2 Å². The molecule has 0 aliphatic carbocycles. The van der Waals surface area contributed by atoms with Gasteiger partial charge < -0.3 is 10.8 Å². The van der Waals surface area contributed by atoms with E-state index >= 15 is 0 Å². The average Bonchev–Trinajstić information content (AvgIpc) is 2.07. The Morgan fingerprint density at radius 1 is 1.00 bits per heavy atom. The van der Waals surface area contributed by atoms with Gasteiger partial charge in [-0.3, -0.25) is 0 Å². The van der Waals surface area contributed by atoms with Crippen molar-refractivity contribution in [2.45, 2.75) is 59.3 Å². The number of phenolic OH excluding ortho intramolecular Hbond substituents is 1. The van der Waals surface area contributed by atoms with Crippen LogP contribution in [0.25, 0.3) is 0 Å². The molecule has 1 aromatic rings. The standard InChI is InChI=1S/C15H25NO/c1-9-10(14(2,3)4)8-11(17)13(16)12(9)15(5,6)7/h8,17H,16H2,1-7H3. The smallest absolute Gasteiger partial charge is 0.139 e. The van der Waals surface area contributed by atoms with Crippen molar-refractivity contribution in [3.63, 3.8) is 0 Å². The van der Waals surface area contributed by atoms with Crippen LogP contribution < -0.4 is 5.73 Å². The predicted octanol–water partition coefficient (Wildman–Crippen LogP) is 3.88. The van der Waals surface area contributed by atoms with Crippen molar-refractivity contribution in [2.75, 3.05) is 5.73 Å². The molecule has 0 atom stereocenters. The van der Waals surface area contributed by atoms with Crippen LogP contribution in [0.3, 0.4) is 0 Å². The van der Waals surface area contributed by atoms with E-state index in [9.17, 15) is 5.11 Å². The van der Waals surface area contributed by atoms with Crippen molar-refractivity contribution in [2.24, 2.45) is 0 Å². The van der Waals surface area contributed by atoms with Crippen LogP contribution in [0.4, 0.5) is 5.69 Å². The van der Waals surface area contributed by atoms with Gasteiger partial charge in [0.05, 0.1) is 5.69 Å². The highest BCUT2D eigenvalue weighted by atomic mass is 16.3. The molecule has 0 amide bonds. The van der Waals surface area contributed by atoms with E-state index in [1.165, 1.54) is 5.56 Å². The van der Waals surface area contributed by atoms with Gasteiger partial charge in [0, 0.05) is 0 Å². The first-order chi connectivity index (χ1) is 7.46. The second-order valence-electron chi connectivity index (χ2n) is 6.86. The predicted molar refractivity (Wildman–Crippen MR) is 74.7 cm³/mol. The number of phenols is 1. The molecule has 0 heterocycles. The molecule has 0 saturated carbocycles. The van der Waals surface area contributed by atoms with E-state index in [0.29, 0.717) is 5.69 Å². The van der Waals surface area contributed by atoms with Crippen molar-refractivity contribution >= 4 is 5.69 Å². The molecular formula is C15H25NO. The summed E-state index contributed by atoms with van der Waals surface area (Å²) < 4.78 is 0. The molecular weight excluding hydrogens is 210 g/mol. The number of rotatable bonds is 0. The summed E-state index contributed by atoms with van der Waals surface area (Å²) in [6.45, 7) is 14.9. The lowest BCUT2D eigenvalue weighted by atomic mass is 9.76. The third-order valence-corrected chi connectivity index (χ3v) is 3.16. The molecule has 2 heteroatoms. The molecule has 0 radical (unpaired) electrons. The lowest BCUT2D eigenvalue weighted by Gasteiger charge is -2.30. The highest BCUT2D eigenvalue weighted by molar-refractivity contribution is 5.66. The number of nitrogen functional groups attached to an aromatic ring is 1. The second-order valence-corrected chi connectivity index (χ2v) is 6.86. The van der Waals surface area contributed by atoms with Crippen molar-refractivity contribution in [3.8, 4) is 5.75 Å². The summed E-state index contributed by atoms with van der Waals surface area (Å²) >= 11 is 0. The molecule has 3 N–H and O–H groups in total. The van der Waals surface area contributed by atoms with E-state index in [1.807, 2.05) is 0 Å². The first-order valence-electron chi connectivity index (χ1n) is 6.09. The van der Waals surface area contributed by atoms with Crippen molar-refractivity contribution in [1.82, 2.24) is 0 Å². The largest absolute Gasteiger partial charge is 0.506 e. The molecule has 0 spiro atoms. The fourth-order valence-corrected chi connectivity index (χ4v) is 2.53. The number of hydrogen-bond donors (Lipinski definition) is 2. The Bertz CT molecular complexity index is 434. The van der Waals surface area contributed by atoms with Crippen LogP contribution in [0.15, 0.2) is 6.07 Å². The molecule has 0 fully saturated rings. The SMILES string of the molecule is Cc1c(C(C)(C)C)cc(O)c(N)c1C(C)(C)C. The highest BCUT2D eigenvalue weighted by Crippen LogP contribution is 2.41. The van der Waals surface area contributed by atoms with E-state index in [4.69, 9.17) is 5.73 Å². The lowest BCUT2D eigenvalue weighted by Crippen LogP contribution is -2.21. The molecule has 0 aromatic heterocycles. The number of aromatic hydroxyl groups is 1. The van der Waals surface area contributed by atoms with E-state index in [0.717, 1.165) is 11.1 Å². The van der Waals surface area contributed by atoms with E-state index in [-0.39, 0.29) is 16.6 Å². The minimum absolute atomic E-state index is 0.00919. The summed E-state index contributed by atoms with van der Waals surface area (Å²) in [5, 5.41) is 10.0. The fourth-order valence-electron chi connectivity index (χ4n) is 2.53. The van der Waals surface area contributed by atoms with Gasteiger partial charge in [-0.05, 0) is 40.5 Å². The zero-order valence-electron chi connectivity index (χ0n) is 12.1. The Hall–Kier alpha value is -1.18. The van der Waals surface area contributed by atoms with Crippen LogP contribution in [0.5, 0.6) is 5.75 Å². The highest BCUT2D eigenvalue weighted by Gasteiger charge is 2.27. The molecule has 0 aliphatic rings. The van der Waals surface area contributed by atoms with Gasteiger partial charge in [-0.1, -0.05) is 41.5 Å². The van der Waals surface area contributed by atoms with Crippen molar-refractivity contribution in [3.05, 3.63) is 22.8 Å². The molecule has 0 bridgehead atoms. The summed E-state index contributed by atoms with van der Waals surface area (Å²) in [5.41, 5.74) is 9.91. The Morgan fingerprint density at radius 3 is 1.82 bits per heavy atom. The number of hydrogen-bond acceptors (Lipinski definition) is 2. The summed E-state index contributed by atoms with van der Waals surface area (Å²) in [6, 6.07) is 1.81. The van der Waals surface area contributed by atoms with Gasteiger partial charge in [-0.25, -0.2) is 0 Å². The van der Waals surface area contributed by atoms with E-state index in [2.05, 4.69) is 48.5 Å². The number of benzene rings is 1. The maximum Gasteiger partial charge on any atom is 0.139 e. The van der Waals surface area contributed by atoms with Crippen molar-refractivity contribution in [1.29, 1.82) is 0 Å². The monoisotopic (exact) mass is 235 g/mol. The van der Waals surface area contributed by atoms with Crippen LogP contribution in [-0.2, 0) is 10.8 Å². The van der Waals surface area contributed by atoms with Gasteiger partial charge in [0.2, 0.25) is 0 Å². The maximum atomic E-state index is 10.0. The van der Waals surface area contributed by atoms with Crippen molar-refractivity contribution < 1.29 is 5.11 Å². The number of anilines is 1. The third-order valence-electron chi connectivity index (χ3n) is 3.16. The Kier molecular flexibility index (Phi) is 3.21. The van der Waals surface area contributed by atoms with Crippen LogP contribution in [-0.4, -0.2) is 5.11 Å². The van der Waals surface area contributed by atoms with Crippen LogP contribution in [0.2, 0.25) is 0 Å². The van der Waals surface area contributed by atoms with E-state index < -0.39 is 0 Å². The van der Waals surface area contributed by atoms with E-state index in [1.54, 1.807) is 6.07 Å². The summed E-state index contributed by atoms with van der Waals surface area (Å²) in [7, 11) is 0. The molecule has 96 valence electrons. The Morgan fingerprint density at radius 2 is 1.47 bits per heavy atom. The quantitative estimate of drug-likeness (QED) is 0.529. The Balaban J connectivity index is 3.67. The molecule has 1 aromatic carbocycles. The van der Waals surface area contributed by atoms with Gasteiger partial charge in [-0.2, -0.15) is 0 Å². The van der Waals surface area contributed by atoms with Gasteiger partial charge in [-0.15, -0.1) is 0 Å². The van der Waals surface area contributed by atoms with Gasteiger partial charge >= 0.3 is 0 Å². The minimum Gasteiger partial charge on any atom is -0.506 e. The van der Waals surface area contributed by atoms with Gasteiger partial charge in [0.1, 0.15) is 5.75 Å². The summed E-state index contributed by atoms with van der Waals surface area (Å²) in [4.78, 5) is 0. The van der Waals surface area contributed by atoms with Crippen LogP contribution in [0, 0.1) is 6.92 Å². The molecule has 0 saturated heterocycles. The lowest BCUT2D eigenvalue weighted by molar-refractivity contribution is 0.468. The fraction of sp³-hybridized carbons (Fsp3) is 0.600. The van der Waals surface area contributed by atoms with Gasteiger partial charge in [0.15, 0.2) is 0 Å². The molecule has 0 unspecified atom stereocenters. The number of nitrogens with two attached hydrogens (primary N) is 1.